The number of benzene rings is 1. The summed E-state index contributed by atoms with van der Waals surface area (Å²) >= 11 is 0. The molecule has 0 bridgehead atoms. The molecule has 1 aliphatic rings. The maximum absolute atomic E-state index is 11.7. The van der Waals surface area contributed by atoms with Gasteiger partial charge in [-0.2, -0.15) is 0 Å². The molecule has 0 spiro atoms. The largest absolute Gasteiger partial charge is 0.398 e. The molecule has 2 rings (SSSR count). The number of anilines is 2. The molecule has 0 saturated heterocycles. The molecule has 1 saturated carbocycles. The van der Waals surface area contributed by atoms with Crippen LogP contribution in [-0.2, 0) is 10.0 Å². The highest BCUT2D eigenvalue weighted by Gasteiger charge is 2.17. The van der Waals surface area contributed by atoms with Crippen molar-refractivity contribution in [2.75, 3.05) is 18.1 Å². The van der Waals surface area contributed by atoms with Crippen molar-refractivity contribution in [2.45, 2.75) is 36.6 Å². The molecule has 0 amide bonds. The van der Waals surface area contributed by atoms with E-state index in [9.17, 15) is 8.42 Å². The first-order chi connectivity index (χ1) is 8.53. The molecule has 1 aromatic carbocycles. The van der Waals surface area contributed by atoms with Crippen molar-refractivity contribution in [1.29, 1.82) is 0 Å². The minimum absolute atomic E-state index is 0.127. The van der Waals surface area contributed by atoms with Gasteiger partial charge in [-0.1, -0.05) is 12.8 Å². The third-order valence-electron chi connectivity index (χ3n) is 3.29. The molecule has 0 heterocycles. The van der Waals surface area contributed by atoms with E-state index in [4.69, 9.17) is 5.73 Å². The van der Waals surface area contributed by atoms with Gasteiger partial charge in [-0.3, -0.25) is 0 Å². The average molecular weight is 269 g/mol. The van der Waals surface area contributed by atoms with Crippen LogP contribution in [0.5, 0.6) is 0 Å². The summed E-state index contributed by atoms with van der Waals surface area (Å²) in [7, 11) is -2.10. The summed E-state index contributed by atoms with van der Waals surface area (Å²) in [6.45, 7) is 0. The lowest BCUT2D eigenvalue weighted by Crippen LogP contribution is -2.20. The third kappa shape index (κ3) is 2.76. The summed E-state index contributed by atoms with van der Waals surface area (Å²) in [5.41, 5.74) is 6.95. The standard InChI is InChI=1S/C12H19N3O2S/c1-14-18(16,17)12-7-6-10(8-11(12)13)15-9-4-2-3-5-9/h6-9,14-15H,2-5,13H2,1H3. The number of nitrogens with one attached hydrogen (secondary N) is 2. The Kier molecular flexibility index (Phi) is 3.77. The van der Waals surface area contributed by atoms with Crippen LogP contribution in [0.3, 0.4) is 0 Å². The second-order valence-corrected chi connectivity index (χ2v) is 6.44. The van der Waals surface area contributed by atoms with Crippen LogP contribution in [0.25, 0.3) is 0 Å². The Bertz CT molecular complexity index is 522. The predicted molar refractivity (Wildman–Crippen MR) is 73.0 cm³/mol. The topological polar surface area (TPSA) is 84.2 Å². The quantitative estimate of drug-likeness (QED) is 0.724. The first kappa shape index (κ1) is 13.2. The Morgan fingerprint density at radius 2 is 1.94 bits per heavy atom. The van der Waals surface area contributed by atoms with E-state index < -0.39 is 10.0 Å². The van der Waals surface area contributed by atoms with Gasteiger partial charge in [0.1, 0.15) is 4.90 Å². The molecule has 6 heteroatoms. The van der Waals surface area contributed by atoms with E-state index in [0.717, 1.165) is 18.5 Å². The van der Waals surface area contributed by atoms with Gasteiger partial charge in [-0.25, -0.2) is 13.1 Å². The summed E-state index contributed by atoms with van der Waals surface area (Å²) in [5, 5.41) is 3.38. The number of sulfonamides is 1. The molecule has 0 aliphatic heterocycles. The maximum atomic E-state index is 11.7. The fourth-order valence-corrected chi connectivity index (χ4v) is 3.14. The number of nitrogens with two attached hydrogens (primary N) is 1. The Morgan fingerprint density at radius 1 is 1.28 bits per heavy atom. The zero-order valence-corrected chi connectivity index (χ0v) is 11.3. The van der Waals surface area contributed by atoms with Crippen molar-refractivity contribution < 1.29 is 8.42 Å². The van der Waals surface area contributed by atoms with Crippen molar-refractivity contribution in [3.05, 3.63) is 18.2 Å². The lowest BCUT2D eigenvalue weighted by molar-refractivity contribution is 0.588. The van der Waals surface area contributed by atoms with Crippen LogP contribution >= 0.6 is 0 Å². The second kappa shape index (κ2) is 5.16. The van der Waals surface area contributed by atoms with Crippen LogP contribution in [0.1, 0.15) is 25.7 Å². The van der Waals surface area contributed by atoms with Crippen LogP contribution in [0.4, 0.5) is 11.4 Å². The fraction of sp³-hybridized carbons (Fsp3) is 0.500. The van der Waals surface area contributed by atoms with E-state index >= 15 is 0 Å². The Labute approximate surface area is 108 Å². The smallest absolute Gasteiger partial charge is 0.242 e. The molecule has 0 atom stereocenters. The molecule has 100 valence electrons. The van der Waals surface area contributed by atoms with E-state index in [1.165, 1.54) is 19.9 Å². The highest BCUT2D eigenvalue weighted by Crippen LogP contribution is 2.26. The molecule has 5 nitrogen and oxygen atoms in total. The Hall–Kier alpha value is -1.27. The first-order valence-corrected chi connectivity index (χ1v) is 7.61. The highest BCUT2D eigenvalue weighted by molar-refractivity contribution is 7.89. The van der Waals surface area contributed by atoms with Crippen molar-refractivity contribution in [3.63, 3.8) is 0 Å². The van der Waals surface area contributed by atoms with Crippen LogP contribution in [0.15, 0.2) is 23.1 Å². The van der Waals surface area contributed by atoms with E-state index in [-0.39, 0.29) is 10.6 Å². The normalized spacial score (nSPS) is 16.9. The summed E-state index contributed by atoms with van der Waals surface area (Å²) in [4.78, 5) is 0.127. The van der Waals surface area contributed by atoms with Crippen molar-refractivity contribution in [3.8, 4) is 0 Å². The molecule has 0 unspecified atom stereocenters. The Balaban J connectivity index is 2.19. The van der Waals surface area contributed by atoms with Gasteiger partial charge in [0.15, 0.2) is 0 Å². The van der Waals surface area contributed by atoms with E-state index in [0.29, 0.717) is 6.04 Å². The molecular weight excluding hydrogens is 250 g/mol. The number of nitrogen functional groups attached to an aromatic ring is 1. The van der Waals surface area contributed by atoms with E-state index in [2.05, 4.69) is 10.0 Å². The van der Waals surface area contributed by atoms with Crippen LogP contribution < -0.4 is 15.8 Å². The van der Waals surface area contributed by atoms with Gasteiger partial charge >= 0.3 is 0 Å². The SMILES string of the molecule is CNS(=O)(=O)c1ccc(NC2CCCC2)cc1N. The molecule has 0 radical (unpaired) electrons. The van der Waals surface area contributed by atoms with Crippen molar-refractivity contribution >= 4 is 21.4 Å². The Morgan fingerprint density at radius 3 is 2.50 bits per heavy atom. The number of hydrogen-bond acceptors (Lipinski definition) is 4. The molecular formula is C12H19N3O2S. The zero-order valence-electron chi connectivity index (χ0n) is 10.4. The maximum Gasteiger partial charge on any atom is 0.242 e. The van der Waals surface area contributed by atoms with Gasteiger partial charge in [-0.05, 0) is 38.1 Å². The number of hydrogen-bond donors (Lipinski definition) is 3. The fourth-order valence-electron chi connectivity index (χ4n) is 2.30. The summed E-state index contributed by atoms with van der Waals surface area (Å²) < 4.78 is 25.6. The van der Waals surface area contributed by atoms with Gasteiger partial charge in [0.2, 0.25) is 10.0 Å². The first-order valence-electron chi connectivity index (χ1n) is 6.12. The molecule has 18 heavy (non-hydrogen) atoms. The summed E-state index contributed by atoms with van der Waals surface area (Å²) in [6, 6.07) is 5.47. The minimum Gasteiger partial charge on any atom is -0.398 e. The lowest BCUT2D eigenvalue weighted by atomic mass is 10.2. The molecule has 4 N–H and O–H groups in total. The van der Waals surface area contributed by atoms with Gasteiger partial charge in [0.25, 0.3) is 0 Å². The second-order valence-electron chi connectivity index (χ2n) is 4.59. The van der Waals surface area contributed by atoms with Gasteiger partial charge in [-0.15, -0.1) is 0 Å². The van der Waals surface area contributed by atoms with E-state index in [1.807, 2.05) is 0 Å². The lowest BCUT2D eigenvalue weighted by Gasteiger charge is -2.15. The monoisotopic (exact) mass is 269 g/mol. The molecule has 1 aromatic rings. The third-order valence-corrected chi connectivity index (χ3v) is 4.78. The number of rotatable bonds is 4. The zero-order chi connectivity index (χ0) is 13.2. The van der Waals surface area contributed by atoms with Gasteiger partial charge in [0, 0.05) is 11.7 Å². The van der Waals surface area contributed by atoms with E-state index in [1.54, 1.807) is 18.2 Å². The summed E-state index contributed by atoms with van der Waals surface area (Å²) in [6.07, 6.45) is 4.83. The highest BCUT2D eigenvalue weighted by atomic mass is 32.2. The molecule has 0 aromatic heterocycles. The van der Waals surface area contributed by atoms with Crippen LogP contribution in [-0.4, -0.2) is 21.5 Å². The predicted octanol–water partition coefficient (Wildman–Crippen LogP) is 1.53. The molecule has 1 aliphatic carbocycles. The van der Waals surface area contributed by atoms with Crippen LogP contribution in [0.2, 0.25) is 0 Å². The minimum atomic E-state index is -3.48. The van der Waals surface area contributed by atoms with Gasteiger partial charge < -0.3 is 11.1 Å². The van der Waals surface area contributed by atoms with Gasteiger partial charge in [0.05, 0.1) is 5.69 Å². The average Bonchev–Trinajstić information content (AvgIpc) is 2.81. The van der Waals surface area contributed by atoms with Crippen LogP contribution in [0, 0.1) is 0 Å². The van der Waals surface area contributed by atoms with Crippen molar-refractivity contribution in [1.82, 2.24) is 4.72 Å². The molecule has 1 fully saturated rings. The van der Waals surface area contributed by atoms with Crippen molar-refractivity contribution in [2.24, 2.45) is 0 Å². The summed E-state index contributed by atoms with van der Waals surface area (Å²) in [5.74, 6) is 0.